The molecular formula is C16H17N3O2. The number of rotatable bonds is 3. The monoisotopic (exact) mass is 283 g/mol. The summed E-state index contributed by atoms with van der Waals surface area (Å²) in [6, 6.07) is 17.3. The molecule has 1 aliphatic rings. The van der Waals surface area contributed by atoms with Crippen LogP contribution >= 0.6 is 0 Å². The molecule has 1 heterocycles. The minimum absolute atomic E-state index is 0.172. The van der Waals surface area contributed by atoms with E-state index in [0.717, 1.165) is 19.6 Å². The summed E-state index contributed by atoms with van der Waals surface area (Å²) >= 11 is 0. The van der Waals surface area contributed by atoms with E-state index in [0.29, 0.717) is 5.69 Å². The summed E-state index contributed by atoms with van der Waals surface area (Å²) in [6.45, 7) is 2.31. The summed E-state index contributed by atoms with van der Waals surface area (Å²) in [5.41, 5.74) is 2.08. The van der Waals surface area contributed by atoms with Crippen molar-refractivity contribution in [1.82, 2.24) is 5.32 Å². The van der Waals surface area contributed by atoms with Gasteiger partial charge >= 0.3 is 0 Å². The first-order valence-electron chi connectivity index (χ1n) is 7.02. The minimum atomic E-state index is -0.311. The second-order valence-electron chi connectivity index (χ2n) is 5.11. The molecule has 5 heteroatoms. The van der Waals surface area contributed by atoms with Crippen molar-refractivity contribution in [2.45, 2.75) is 6.04 Å². The van der Waals surface area contributed by atoms with Gasteiger partial charge in [-0.1, -0.05) is 42.5 Å². The van der Waals surface area contributed by atoms with E-state index in [1.165, 1.54) is 5.56 Å². The highest BCUT2D eigenvalue weighted by Crippen LogP contribution is 2.30. The van der Waals surface area contributed by atoms with Crippen LogP contribution in [0.15, 0.2) is 54.6 Å². The third kappa shape index (κ3) is 2.87. The van der Waals surface area contributed by atoms with Gasteiger partial charge in [-0.05, 0) is 11.6 Å². The van der Waals surface area contributed by atoms with Gasteiger partial charge < -0.3 is 10.2 Å². The molecule has 2 aromatic carbocycles. The van der Waals surface area contributed by atoms with Crippen LogP contribution in [0.2, 0.25) is 0 Å². The van der Waals surface area contributed by atoms with Crippen LogP contribution in [0.25, 0.3) is 0 Å². The van der Waals surface area contributed by atoms with Crippen molar-refractivity contribution in [2.75, 3.05) is 24.5 Å². The van der Waals surface area contributed by atoms with Crippen molar-refractivity contribution in [1.29, 1.82) is 0 Å². The van der Waals surface area contributed by atoms with Crippen LogP contribution in [0.4, 0.5) is 11.4 Å². The van der Waals surface area contributed by atoms with E-state index in [1.807, 2.05) is 30.3 Å². The normalized spacial score (nSPS) is 18.5. The lowest BCUT2D eigenvalue weighted by atomic mass is 10.0. The number of hydrogen-bond acceptors (Lipinski definition) is 4. The standard InChI is InChI=1S/C16H17N3O2/c20-19(21)16-9-5-4-8-15(16)18-11-10-17-14(12-18)13-6-2-1-3-7-13/h1-9,14,17H,10-12H2/t14-/m1/s1. The predicted molar refractivity (Wildman–Crippen MR) is 82.5 cm³/mol. The van der Waals surface area contributed by atoms with E-state index in [4.69, 9.17) is 0 Å². The maximum absolute atomic E-state index is 11.2. The molecule has 0 bridgehead atoms. The van der Waals surface area contributed by atoms with Crippen LogP contribution in [-0.2, 0) is 0 Å². The Hall–Kier alpha value is -2.40. The summed E-state index contributed by atoms with van der Waals surface area (Å²) in [6.07, 6.45) is 0. The zero-order chi connectivity index (χ0) is 14.7. The molecule has 2 aromatic rings. The Morgan fingerprint density at radius 1 is 1.10 bits per heavy atom. The van der Waals surface area contributed by atoms with Gasteiger partial charge in [0.25, 0.3) is 5.69 Å². The smallest absolute Gasteiger partial charge is 0.292 e. The lowest BCUT2D eigenvalue weighted by molar-refractivity contribution is -0.384. The first-order chi connectivity index (χ1) is 10.3. The lowest BCUT2D eigenvalue weighted by Crippen LogP contribution is -2.46. The number of nitrogens with zero attached hydrogens (tertiary/aromatic N) is 2. The van der Waals surface area contributed by atoms with Crippen molar-refractivity contribution in [3.8, 4) is 0 Å². The summed E-state index contributed by atoms with van der Waals surface area (Å²) in [4.78, 5) is 13.0. The van der Waals surface area contributed by atoms with Crippen LogP contribution in [0.3, 0.4) is 0 Å². The summed E-state index contributed by atoms with van der Waals surface area (Å²) in [7, 11) is 0. The average Bonchev–Trinajstić information content (AvgIpc) is 2.56. The molecule has 0 radical (unpaired) electrons. The molecule has 0 aliphatic carbocycles. The molecule has 1 aliphatic heterocycles. The summed E-state index contributed by atoms with van der Waals surface area (Å²) in [5.74, 6) is 0. The first kappa shape index (κ1) is 13.6. The van der Waals surface area contributed by atoms with E-state index in [1.54, 1.807) is 12.1 Å². The maximum Gasteiger partial charge on any atom is 0.292 e. The first-order valence-corrected chi connectivity index (χ1v) is 7.02. The Morgan fingerprint density at radius 3 is 2.57 bits per heavy atom. The minimum Gasteiger partial charge on any atom is -0.363 e. The number of hydrogen-bond donors (Lipinski definition) is 1. The van der Waals surface area contributed by atoms with Crippen molar-refractivity contribution < 1.29 is 4.92 Å². The largest absolute Gasteiger partial charge is 0.363 e. The second kappa shape index (κ2) is 5.93. The van der Waals surface area contributed by atoms with Crippen molar-refractivity contribution >= 4 is 11.4 Å². The van der Waals surface area contributed by atoms with E-state index in [9.17, 15) is 10.1 Å². The highest BCUT2D eigenvalue weighted by Gasteiger charge is 2.25. The molecule has 5 nitrogen and oxygen atoms in total. The van der Waals surface area contributed by atoms with Gasteiger partial charge in [0, 0.05) is 31.7 Å². The fourth-order valence-electron chi connectivity index (χ4n) is 2.76. The fraction of sp³-hybridized carbons (Fsp3) is 0.250. The van der Waals surface area contributed by atoms with Crippen LogP contribution in [0.5, 0.6) is 0 Å². The maximum atomic E-state index is 11.2. The molecule has 1 atom stereocenters. The van der Waals surface area contributed by atoms with Gasteiger partial charge in [-0.25, -0.2) is 0 Å². The van der Waals surface area contributed by atoms with Gasteiger partial charge in [0.05, 0.1) is 4.92 Å². The van der Waals surface area contributed by atoms with E-state index in [2.05, 4.69) is 22.3 Å². The summed E-state index contributed by atoms with van der Waals surface area (Å²) in [5, 5.41) is 14.7. The van der Waals surface area contributed by atoms with Gasteiger partial charge in [0.15, 0.2) is 0 Å². The molecule has 3 rings (SSSR count). The predicted octanol–water partition coefficient (Wildman–Crippen LogP) is 2.75. The molecule has 1 saturated heterocycles. The molecule has 0 amide bonds. The van der Waals surface area contributed by atoms with Gasteiger partial charge in [0.2, 0.25) is 0 Å². The highest BCUT2D eigenvalue weighted by molar-refractivity contribution is 5.63. The molecule has 108 valence electrons. The van der Waals surface area contributed by atoms with Crippen molar-refractivity contribution in [3.05, 3.63) is 70.3 Å². The average molecular weight is 283 g/mol. The second-order valence-corrected chi connectivity index (χ2v) is 5.11. The van der Waals surface area contributed by atoms with Crippen LogP contribution in [-0.4, -0.2) is 24.6 Å². The quantitative estimate of drug-likeness (QED) is 0.695. The van der Waals surface area contributed by atoms with Gasteiger partial charge in [-0.2, -0.15) is 0 Å². The Balaban J connectivity index is 1.85. The molecule has 21 heavy (non-hydrogen) atoms. The van der Waals surface area contributed by atoms with Crippen LogP contribution < -0.4 is 10.2 Å². The topological polar surface area (TPSA) is 58.4 Å². The van der Waals surface area contributed by atoms with Crippen LogP contribution in [0, 0.1) is 10.1 Å². The van der Waals surface area contributed by atoms with E-state index < -0.39 is 0 Å². The molecule has 1 fully saturated rings. The number of anilines is 1. The van der Waals surface area contributed by atoms with Gasteiger partial charge in [-0.15, -0.1) is 0 Å². The molecule has 0 unspecified atom stereocenters. The zero-order valence-corrected chi connectivity index (χ0v) is 11.6. The highest BCUT2D eigenvalue weighted by atomic mass is 16.6. The Morgan fingerprint density at radius 2 is 1.81 bits per heavy atom. The third-order valence-electron chi connectivity index (χ3n) is 3.80. The number of para-hydroxylation sites is 2. The van der Waals surface area contributed by atoms with Crippen molar-refractivity contribution in [2.24, 2.45) is 0 Å². The molecule has 0 saturated carbocycles. The molecular weight excluding hydrogens is 266 g/mol. The lowest BCUT2D eigenvalue weighted by Gasteiger charge is -2.35. The fourth-order valence-corrected chi connectivity index (χ4v) is 2.76. The Bertz CT molecular complexity index is 630. The van der Waals surface area contributed by atoms with Gasteiger partial charge in [-0.3, -0.25) is 10.1 Å². The van der Waals surface area contributed by atoms with E-state index in [-0.39, 0.29) is 16.7 Å². The Labute approximate surface area is 123 Å². The summed E-state index contributed by atoms with van der Waals surface area (Å²) < 4.78 is 0. The molecule has 1 N–H and O–H groups in total. The van der Waals surface area contributed by atoms with Gasteiger partial charge in [0.1, 0.15) is 5.69 Å². The van der Waals surface area contributed by atoms with Crippen molar-refractivity contribution in [3.63, 3.8) is 0 Å². The Kier molecular flexibility index (Phi) is 3.83. The number of benzene rings is 2. The third-order valence-corrected chi connectivity index (χ3v) is 3.80. The SMILES string of the molecule is O=[N+]([O-])c1ccccc1N1CCN[C@@H](c2ccccc2)C1. The number of nitrogens with one attached hydrogen (secondary N) is 1. The van der Waals surface area contributed by atoms with E-state index >= 15 is 0 Å². The zero-order valence-electron chi connectivity index (χ0n) is 11.6. The number of piperazine rings is 1. The number of nitro groups is 1. The molecule has 0 spiro atoms. The van der Waals surface area contributed by atoms with Crippen LogP contribution in [0.1, 0.15) is 11.6 Å². The number of nitro benzene ring substituents is 1. The molecule has 0 aromatic heterocycles.